The second-order valence-corrected chi connectivity index (χ2v) is 7.66. The van der Waals surface area contributed by atoms with Crippen LogP contribution in [0.25, 0.3) is 0 Å². The van der Waals surface area contributed by atoms with Crippen molar-refractivity contribution < 1.29 is 9.69 Å². The molecule has 1 saturated heterocycles. The zero-order valence-corrected chi connectivity index (χ0v) is 15.0. The summed E-state index contributed by atoms with van der Waals surface area (Å²) >= 11 is 5.31. The molecule has 1 aromatic carbocycles. The fourth-order valence-corrected chi connectivity index (χ4v) is 4.59. The smallest absolute Gasteiger partial charge is 0.279 e. The van der Waals surface area contributed by atoms with Crippen LogP contribution in [0.2, 0.25) is 0 Å². The molecule has 116 valence electrons. The largest absolute Gasteiger partial charge is 0.320 e. The van der Waals surface area contributed by atoms with Crippen molar-refractivity contribution >= 4 is 38.9 Å². The Labute approximate surface area is 143 Å². The minimum Gasteiger partial charge on any atom is -0.320 e. The van der Waals surface area contributed by atoms with Gasteiger partial charge in [-0.05, 0) is 52.0 Å². The molecule has 1 aliphatic heterocycles. The van der Waals surface area contributed by atoms with Crippen LogP contribution >= 0.6 is 27.3 Å². The highest BCUT2D eigenvalue weighted by molar-refractivity contribution is 9.10. The Hall–Kier alpha value is -1.17. The molecule has 22 heavy (non-hydrogen) atoms. The second kappa shape index (κ2) is 6.94. The summed E-state index contributed by atoms with van der Waals surface area (Å²) in [5.41, 5.74) is 2.02. The number of hydrogen-bond donors (Lipinski definition) is 2. The van der Waals surface area contributed by atoms with E-state index in [-0.39, 0.29) is 5.91 Å². The van der Waals surface area contributed by atoms with Crippen LogP contribution < -0.4 is 10.2 Å². The standard InChI is InChI=1S/C17H19BrN2OS/c1-12-6-7-14(13(18)10-12)19-17(21)11-20-8-2-4-15(20)16-5-3-9-22-16/h3,5-7,9-10,15H,2,4,8,11H2,1H3,(H,19,21)/p+1/t15-/m1/s1. The number of nitrogens with one attached hydrogen (secondary N) is 2. The molecule has 2 aromatic rings. The van der Waals surface area contributed by atoms with E-state index in [1.54, 1.807) is 11.3 Å². The number of benzene rings is 1. The maximum atomic E-state index is 12.4. The predicted octanol–water partition coefficient (Wildman–Crippen LogP) is 3.18. The van der Waals surface area contributed by atoms with Gasteiger partial charge in [0.15, 0.2) is 6.54 Å². The second-order valence-electron chi connectivity index (χ2n) is 5.83. The molecule has 0 aliphatic carbocycles. The average Bonchev–Trinajstić information content (AvgIpc) is 3.12. The van der Waals surface area contributed by atoms with Crippen molar-refractivity contribution in [3.8, 4) is 0 Å². The highest BCUT2D eigenvalue weighted by Gasteiger charge is 2.32. The Kier molecular flexibility index (Phi) is 4.96. The zero-order valence-electron chi connectivity index (χ0n) is 12.6. The van der Waals surface area contributed by atoms with E-state index in [9.17, 15) is 4.79 Å². The van der Waals surface area contributed by atoms with Gasteiger partial charge in [0.25, 0.3) is 5.91 Å². The lowest BCUT2D eigenvalue weighted by molar-refractivity contribution is -0.910. The normalized spacial score (nSPS) is 21.0. The summed E-state index contributed by atoms with van der Waals surface area (Å²) in [4.78, 5) is 15.1. The highest BCUT2D eigenvalue weighted by Crippen LogP contribution is 2.24. The van der Waals surface area contributed by atoms with Gasteiger partial charge in [0.05, 0.1) is 17.1 Å². The SMILES string of the molecule is Cc1ccc(NC(=O)C[NH+]2CCC[C@@H]2c2cccs2)c(Br)c1. The van der Waals surface area contributed by atoms with Crippen LogP contribution in [0.1, 0.15) is 29.3 Å². The predicted molar refractivity (Wildman–Crippen MR) is 94.5 cm³/mol. The maximum absolute atomic E-state index is 12.4. The summed E-state index contributed by atoms with van der Waals surface area (Å²) < 4.78 is 0.937. The van der Waals surface area contributed by atoms with E-state index in [0.717, 1.165) is 16.7 Å². The number of hydrogen-bond acceptors (Lipinski definition) is 2. The number of halogens is 1. The Balaban J connectivity index is 1.64. The lowest BCUT2D eigenvalue weighted by Crippen LogP contribution is -3.11. The van der Waals surface area contributed by atoms with Crippen LogP contribution in [-0.2, 0) is 4.79 Å². The number of aryl methyl sites for hydroxylation is 1. The van der Waals surface area contributed by atoms with Crippen molar-refractivity contribution in [1.82, 2.24) is 0 Å². The molecule has 2 N–H and O–H groups in total. The van der Waals surface area contributed by atoms with E-state index in [4.69, 9.17) is 0 Å². The van der Waals surface area contributed by atoms with Gasteiger partial charge >= 0.3 is 0 Å². The van der Waals surface area contributed by atoms with Crippen LogP contribution in [0.3, 0.4) is 0 Å². The van der Waals surface area contributed by atoms with Crippen LogP contribution in [0.4, 0.5) is 5.69 Å². The summed E-state index contributed by atoms with van der Waals surface area (Å²) in [5, 5.41) is 5.15. The third-order valence-corrected chi connectivity index (χ3v) is 5.80. The minimum atomic E-state index is 0.0861. The first-order valence-corrected chi connectivity index (χ1v) is 9.25. The average molecular weight is 380 g/mol. The van der Waals surface area contributed by atoms with Gasteiger partial charge in [-0.2, -0.15) is 0 Å². The van der Waals surface area contributed by atoms with Crippen molar-refractivity contribution in [2.24, 2.45) is 0 Å². The first kappa shape index (κ1) is 15.7. The molecular formula is C17H20BrN2OS+. The van der Waals surface area contributed by atoms with Crippen molar-refractivity contribution in [1.29, 1.82) is 0 Å². The van der Waals surface area contributed by atoms with Gasteiger partial charge in [-0.3, -0.25) is 4.79 Å². The van der Waals surface area contributed by atoms with E-state index in [1.165, 1.54) is 28.2 Å². The molecule has 1 aromatic heterocycles. The Bertz CT molecular complexity index is 657. The van der Waals surface area contributed by atoms with Gasteiger partial charge < -0.3 is 10.2 Å². The Morgan fingerprint density at radius 3 is 3.05 bits per heavy atom. The molecule has 3 nitrogen and oxygen atoms in total. The zero-order chi connectivity index (χ0) is 15.5. The van der Waals surface area contributed by atoms with Gasteiger partial charge in [0, 0.05) is 17.3 Å². The molecule has 0 saturated carbocycles. The number of quaternary nitrogens is 1. The molecule has 1 fully saturated rings. The van der Waals surface area contributed by atoms with Crippen LogP contribution in [-0.4, -0.2) is 19.0 Å². The van der Waals surface area contributed by atoms with E-state index in [0.29, 0.717) is 12.6 Å². The van der Waals surface area contributed by atoms with E-state index < -0.39 is 0 Å². The molecule has 5 heteroatoms. The Morgan fingerprint density at radius 1 is 1.45 bits per heavy atom. The van der Waals surface area contributed by atoms with Crippen molar-refractivity contribution in [3.05, 3.63) is 50.6 Å². The number of carbonyl (C=O) groups is 1. The summed E-state index contributed by atoms with van der Waals surface area (Å²) in [7, 11) is 0. The fraction of sp³-hybridized carbons (Fsp3) is 0.353. The van der Waals surface area contributed by atoms with Crippen molar-refractivity contribution in [2.75, 3.05) is 18.4 Å². The molecular weight excluding hydrogens is 360 g/mol. The van der Waals surface area contributed by atoms with Crippen molar-refractivity contribution in [2.45, 2.75) is 25.8 Å². The van der Waals surface area contributed by atoms with E-state index >= 15 is 0 Å². The molecule has 0 spiro atoms. The number of amides is 1. The maximum Gasteiger partial charge on any atom is 0.279 e. The number of thiophene rings is 1. The molecule has 2 heterocycles. The molecule has 0 bridgehead atoms. The van der Waals surface area contributed by atoms with Gasteiger partial charge in [0.1, 0.15) is 6.04 Å². The van der Waals surface area contributed by atoms with Gasteiger partial charge in [-0.15, -0.1) is 11.3 Å². The lowest BCUT2D eigenvalue weighted by Gasteiger charge is -2.20. The monoisotopic (exact) mass is 379 g/mol. The van der Waals surface area contributed by atoms with Crippen LogP contribution in [0.15, 0.2) is 40.2 Å². The molecule has 1 aliphatic rings. The summed E-state index contributed by atoms with van der Waals surface area (Å²) in [6.45, 7) is 3.64. The molecule has 1 unspecified atom stereocenters. The molecule has 1 amide bonds. The Morgan fingerprint density at radius 2 is 2.32 bits per heavy atom. The van der Waals surface area contributed by atoms with E-state index in [2.05, 4.69) is 38.8 Å². The quantitative estimate of drug-likeness (QED) is 0.840. The number of carbonyl (C=O) groups excluding carboxylic acids is 1. The first-order valence-electron chi connectivity index (χ1n) is 7.57. The summed E-state index contributed by atoms with van der Waals surface area (Å²) in [6.07, 6.45) is 2.37. The van der Waals surface area contributed by atoms with Gasteiger partial charge in [-0.25, -0.2) is 0 Å². The van der Waals surface area contributed by atoms with Gasteiger partial charge in [-0.1, -0.05) is 12.1 Å². The fourth-order valence-electron chi connectivity index (χ4n) is 3.08. The first-order chi connectivity index (χ1) is 10.6. The summed E-state index contributed by atoms with van der Waals surface area (Å²) in [5.74, 6) is 0.0861. The van der Waals surface area contributed by atoms with E-state index in [1.807, 2.05) is 25.1 Å². The van der Waals surface area contributed by atoms with Crippen molar-refractivity contribution in [3.63, 3.8) is 0 Å². The highest BCUT2D eigenvalue weighted by atomic mass is 79.9. The minimum absolute atomic E-state index is 0.0861. The summed E-state index contributed by atoms with van der Waals surface area (Å²) in [6, 6.07) is 10.7. The molecule has 2 atom stereocenters. The third kappa shape index (κ3) is 3.59. The topological polar surface area (TPSA) is 33.5 Å². The third-order valence-electron chi connectivity index (χ3n) is 4.16. The number of likely N-dealkylation sites (tertiary alicyclic amines) is 1. The molecule has 3 rings (SSSR count). The van der Waals surface area contributed by atoms with Crippen LogP contribution in [0, 0.1) is 6.92 Å². The lowest BCUT2D eigenvalue weighted by atomic mass is 10.2. The number of anilines is 1. The van der Waals surface area contributed by atoms with Gasteiger partial charge in [0.2, 0.25) is 0 Å². The van der Waals surface area contributed by atoms with Crippen LogP contribution in [0.5, 0.6) is 0 Å². The number of rotatable bonds is 4. The molecule has 0 radical (unpaired) electrons.